The third-order valence-electron chi connectivity index (χ3n) is 4.92. The summed E-state index contributed by atoms with van der Waals surface area (Å²) in [6.07, 6.45) is 2.70. The molecule has 0 atom stereocenters. The summed E-state index contributed by atoms with van der Waals surface area (Å²) < 4.78 is 5.48. The van der Waals surface area contributed by atoms with E-state index in [4.69, 9.17) is 10.00 Å². The first-order valence-corrected chi connectivity index (χ1v) is 9.29. The molecule has 0 aliphatic carbocycles. The second-order valence-corrected chi connectivity index (χ2v) is 7.09. The van der Waals surface area contributed by atoms with E-state index >= 15 is 0 Å². The van der Waals surface area contributed by atoms with E-state index in [1.165, 1.54) is 11.1 Å². The first kappa shape index (κ1) is 20.3. The fraction of sp³-hybridized carbons (Fsp3) is 0.333. The van der Waals surface area contributed by atoms with Crippen molar-refractivity contribution in [3.63, 3.8) is 0 Å². The number of carbonyl (C=O) groups excluding carboxylic acids is 2. The number of nitriles is 1. The molecule has 1 fully saturated rings. The molecule has 29 heavy (non-hydrogen) atoms. The number of aromatic nitrogens is 1. The van der Waals surface area contributed by atoms with Gasteiger partial charge in [0, 0.05) is 39.1 Å². The first-order chi connectivity index (χ1) is 13.9. The molecular weight excluding hydrogens is 370 g/mol. The maximum Gasteiger partial charge on any atom is 0.321 e. The van der Waals surface area contributed by atoms with Crippen molar-refractivity contribution in [2.45, 2.75) is 18.4 Å². The van der Waals surface area contributed by atoms with E-state index in [9.17, 15) is 9.59 Å². The van der Waals surface area contributed by atoms with Crippen LogP contribution in [0, 0.1) is 11.3 Å². The third kappa shape index (κ3) is 4.70. The Bertz CT molecular complexity index is 928. The van der Waals surface area contributed by atoms with E-state index in [0.29, 0.717) is 37.2 Å². The van der Waals surface area contributed by atoms with E-state index in [0.717, 1.165) is 5.56 Å². The lowest BCUT2D eigenvalue weighted by Gasteiger charge is -2.38. The predicted molar refractivity (Wildman–Crippen MR) is 107 cm³/mol. The zero-order chi connectivity index (χ0) is 20.9. The van der Waals surface area contributed by atoms with Crippen molar-refractivity contribution < 1.29 is 14.3 Å². The SMILES string of the molecule is CN(C)C(=O)c1ccnc(NC(=O)NC2(c3ccc(C#N)cc3)CCOCC2)c1. The van der Waals surface area contributed by atoms with Crippen molar-refractivity contribution in [3.05, 3.63) is 59.3 Å². The van der Waals surface area contributed by atoms with Gasteiger partial charge in [-0.25, -0.2) is 9.78 Å². The number of amides is 3. The average molecular weight is 393 g/mol. The summed E-state index contributed by atoms with van der Waals surface area (Å²) in [5.41, 5.74) is 1.31. The molecule has 150 valence electrons. The standard InChI is InChI=1S/C21H23N5O3/c1-26(2)19(27)16-7-10-23-18(13-16)24-20(28)25-21(8-11-29-12-9-21)17-5-3-15(14-22)4-6-17/h3-7,10,13H,8-9,11-12H2,1-2H3,(H2,23,24,25,28). The highest BCUT2D eigenvalue weighted by Gasteiger charge is 2.36. The highest BCUT2D eigenvalue weighted by atomic mass is 16.5. The predicted octanol–water partition coefficient (Wildman–Crippen LogP) is 2.48. The van der Waals surface area contributed by atoms with Gasteiger partial charge in [-0.15, -0.1) is 0 Å². The summed E-state index contributed by atoms with van der Waals surface area (Å²) in [4.78, 5) is 30.5. The maximum atomic E-state index is 12.7. The van der Waals surface area contributed by atoms with Crippen LogP contribution in [0.2, 0.25) is 0 Å². The van der Waals surface area contributed by atoms with Crippen LogP contribution in [0.3, 0.4) is 0 Å². The van der Waals surface area contributed by atoms with Crippen molar-refractivity contribution in [1.29, 1.82) is 5.26 Å². The molecule has 8 heteroatoms. The number of nitrogens with zero attached hydrogens (tertiary/aromatic N) is 3. The zero-order valence-electron chi connectivity index (χ0n) is 16.4. The molecule has 1 aromatic carbocycles. The fourth-order valence-electron chi connectivity index (χ4n) is 3.32. The fourth-order valence-corrected chi connectivity index (χ4v) is 3.32. The number of anilines is 1. The van der Waals surface area contributed by atoms with Gasteiger partial charge in [-0.3, -0.25) is 10.1 Å². The van der Waals surface area contributed by atoms with Gasteiger partial charge >= 0.3 is 6.03 Å². The number of urea groups is 1. The van der Waals surface area contributed by atoms with Gasteiger partial charge in [0.25, 0.3) is 5.91 Å². The van der Waals surface area contributed by atoms with E-state index < -0.39 is 11.6 Å². The molecule has 1 aromatic heterocycles. The number of nitrogens with one attached hydrogen (secondary N) is 2. The molecule has 1 aliphatic rings. The van der Waals surface area contributed by atoms with Gasteiger partial charge in [0.1, 0.15) is 5.82 Å². The van der Waals surface area contributed by atoms with Crippen molar-refractivity contribution in [2.24, 2.45) is 0 Å². The lowest BCUT2D eigenvalue weighted by Crippen LogP contribution is -2.51. The van der Waals surface area contributed by atoms with Crippen LogP contribution in [0.5, 0.6) is 0 Å². The molecule has 0 saturated carbocycles. The van der Waals surface area contributed by atoms with Crippen LogP contribution >= 0.6 is 0 Å². The topological polar surface area (TPSA) is 107 Å². The summed E-state index contributed by atoms with van der Waals surface area (Å²) in [6.45, 7) is 1.04. The molecule has 1 aliphatic heterocycles. The number of benzene rings is 1. The lowest BCUT2D eigenvalue weighted by atomic mass is 9.82. The number of carbonyl (C=O) groups is 2. The summed E-state index contributed by atoms with van der Waals surface area (Å²) in [6, 6.07) is 12.0. The second-order valence-electron chi connectivity index (χ2n) is 7.09. The van der Waals surface area contributed by atoms with E-state index in [2.05, 4.69) is 21.7 Å². The molecule has 2 N–H and O–H groups in total. The Morgan fingerprint density at radius 2 is 1.86 bits per heavy atom. The van der Waals surface area contributed by atoms with Gasteiger partial charge in [-0.2, -0.15) is 5.26 Å². The zero-order valence-corrected chi connectivity index (χ0v) is 16.4. The van der Waals surface area contributed by atoms with Gasteiger partial charge in [-0.05, 0) is 42.7 Å². The van der Waals surface area contributed by atoms with Crippen molar-refractivity contribution in [1.82, 2.24) is 15.2 Å². The largest absolute Gasteiger partial charge is 0.381 e. The summed E-state index contributed by atoms with van der Waals surface area (Å²) in [5.74, 6) is 0.117. The van der Waals surface area contributed by atoms with Crippen molar-refractivity contribution >= 4 is 17.8 Å². The van der Waals surface area contributed by atoms with Crippen molar-refractivity contribution in [2.75, 3.05) is 32.6 Å². The number of ether oxygens (including phenoxy) is 1. The molecule has 3 rings (SSSR count). The molecule has 0 spiro atoms. The maximum absolute atomic E-state index is 12.7. The van der Waals surface area contributed by atoms with Gasteiger partial charge in [0.2, 0.25) is 0 Å². The Balaban J connectivity index is 1.78. The Kier molecular flexibility index (Phi) is 6.10. The van der Waals surface area contributed by atoms with Crippen LogP contribution in [0.15, 0.2) is 42.6 Å². The van der Waals surface area contributed by atoms with E-state index in [1.807, 2.05) is 12.1 Å². The Hall–Kier alpha value is -3.44. The highest BCUT2D eigenvalue weighted by molar-refractivity contribution is 5.96. The van der Waals surface area contributed by atoms with Crippen LogP contribution < -0.4 is 10.6 Å². The smallest absolute Gasteiger partial charge is 0.321 e. The normalized spacial score (nSPS) is 15.1. The number of rotatable bonds is 4. The van der Waals surface area contributed by atoms with Crippen LogP contribution in [0.25, 0.3) is 0 Å². The molecule has 1 saturated heterocycles. The van der Waals surface area contributed by atoms with Gasteiger partial charge < -0.3 is 15.0 Å². The molecule has 8 nitrogen and oxygen atoms in total. The number of hydrogen-bond acceptors (Lipinski definition) is 5. The molecule has 2 aromatic rings. The molecule has 3 amide bonds. The minimum absolute atomic E-state index is 0.172. The summed E-state index contributed by atoms with van der Waals surface area (Å²) >= 11 is 0. The van der Waals surface area contributed by atoms with Crippen molar-refractivity contribution in [3.8, 4) is 6.07 Å². The monoisotopic (exact) mass is 393 g/mol. The third-order valence-corrected chi connectivity index (χ3v) is 4.92. The Morgan fingerprint density at radius 3 is 2.48 bits per heavy atom. The Labute approximate surface area is 169 Å². The first-order valence-electron chi connectivity index (χ1n) is 9.29. The van der Waals surface area contributed by atoms with Gasteiger partial charge in [-0.1, -0.05) is 12.1 Å². The van der Waals surface area contributed by atoms with Gasteiger partial charge in [0.15, 0.2) is 0 Å². The Morgan fingerprint density at radius 1 is 1.17 bits per heavy atom. The van der Waals surface area contributed by atoms with Gasteiger partial charge in [0.05, 0.1) is 17.2 Å². The van der Waals surface area contributed by atoms with Crippen LogP contribution in [0.4, 0.5) is 10.6 Å². The molecule has 0 radical (unpaired) electrons. The highest BCUT2D eigenvalue weighted by Crippen LogP contribution is 2.32. The van der Waals surface area contributed by atoms with Crippen LogP contribution in [0.1, 0.15) is 34.3 Å². The number of hydrogen-bond donors (Lipinski definition) is 2. The minimum atomic E-state index is -0.604. The molecule has 0 unspecified atom stereocenters. The number of pyridine rings is 1. The summed E-state index contributed by atoms with van der Waals surface area (Å²) in [5, 5.41) is 14.8. The van der Waals surface area contributed by atoms with E-state index in [-0.39, 0.29) is 11.7 Å². The molecule has 2 heterocycles. The average Bonchev–Trinajstić information content (AvgIpc) is 2.74. The summed E-state index contributed by atoms with van der Waals surface area (Å²) in [7, 11) is 3.32. The van der Waals surface area contributed by atoms with Crippen LogP contribution in [-0.2, 0) is 10.3 Å². The van der Waals surface area contributed by atoms with Crippen LogP contribution in [-0.4, -0.2) is 49.1 Å². The molecule has 0 bridgehead atoms. The minimum Gasteiger partial charge on any atom is -0.381 e. The van der Waals surface area contributed by atoms with E-state index in [1.54, 1.807) is 38.4 Å². The lowest BCUT2D eigenvalue weighted by molar-refractivity contribution is 0.0418. The second kappa shape index (κ2) is 8.71. The molecular formula is C21H23N5O3. The quantitative estimate of drug-likeness (QED) is 0.830.